The van der Waals surface area contributed by atoms with Gasteiger partial charge in [0.2, 0.25) is 5.91 Å². The summed E-state index contributed by atoms with van der Waals surface area (Å²) in [5, 5.41) is 0. The Kier molecular flexibility index (Phi) is 2.10. The second-order valence-electron chi connectivity index (χ2n) is 1.88. The fraction of sp³-hybridized carbons (Fsp3) is 0.600. The van der Waals surface area contributed by atoms with Crippen molar-refractivity contribution >= 4 is 22.5 Å². The average molecular weight is 146 g/mol. The molecular formula is C5H10N2OS. The molecule has 0 saturated carbocycles. The van der Waals surface area contributed by atoms with Crippen LogP contribution in [0.3, 0.4) is 0 Å². The molecule has 9 heavy (non-hydrogen) atoms. The van der Waals surface area contributed by atoms with Crippen molar-refractivity contribution in [2.24, 2.45) is 4.99 Å². The van der Waals surface area contributed by atoms with E-state index in [-0.39, 0.29) is 17.0 Å². The zero-order valence-corrected chi connectivity index (χ0v) is 6.19. The minimum Gasteiger partial charge on any atom is -0.316 e. The quantitative estimate of drug-likeness (QED) is 0.505. The van der Waals surface area contributed by atoms with Crippen LogP contribution in [0.25, 0.3) is 0 Å². The summed E-state index contributed by atoms with van der Waals surface area (Å²) in [6.07, 6.45) is 0. The number of hydrogen-bond acceptors (Lipinski definition) is 2. The minimum atomic E-state index is -0.376. The van der Waals surface area contributed by atoms with E-state index in [0.29, 0.717) is 0 Å². The third-order valence-electron chi connectivity index (χ3n) is 0.992. The Morgan fingerprint density at radius 1 is 1.89 bits per heavy atom. The summed E-state index contributed by atoms with van der Waals surface area (Å²) < 4.78 is 2.82. The predicted octanol–water partition coefficient (Wildman–Crippen LogP) is 0.0806. The summed E-state index contributed by atoms with van der Waals surface area (Å²) >= 11 is -0.376. The maximum absolute atomic E-state index is 10.4. The molecule has 0 spiro atoms. The Balaban J connectivity index is 2.28. The van der Waals surface area contributed by atoms with E-state index >= 15 is 0 Å². The fourth-order valence-corrected chi connectivity index (χ4v) is 2.00. The molecule has 0 radical (unpaired) electrons. The summed E-state index contributed by atoms with van der Waals surface area (Å²) in [5.41, 5.74) is 1.86. The monoisotopic (exact) mass is 146 g/mol. The first-order chi connectivity index (χ1) is 4.29. The third kappa shape index (κ3) is 2.05. The Bertz CT molecular complexity index is 146. The van der Waals surface area contributed by atoms with Crippen LogP contribution in [0, 0.1) is 0 Å². The summed E-state index contributed by atoms with van der Waals surface area (Å²) in [5.74, 6) is 1.07. The molecule has 0 bridgehead atoms. The molecule has 1 aliphatic rings. The molecule has 0 saturated heterocycles. The number of amides is 1. The van der Waals surface area contributed by atoms with Crippen molar-refractivity contribution in [1.82, 2.24) is 4.72 Å². The van der Waals surface area contributed by atoms with E-state index in [4.69, 9.17) is 0 Å². The van der Waals surface area contributed by atoms with Crippen LogP contribution in [-0.2, 0) is 4.79 Å². The molecule has 0 aromatic carbocycles. The highest BCUT2D eigenvalue weighted by atomic mass is 32.2. The Morgan fingerprint density at radius 3 is 3.11 bits per heavy atom. The van der Waals surface area contributed by atoms with Crippen molar-refractivity contribution in [3.05, 3.63) is 0 Å². The van der Waals surface area contributed by atoms with Crippen LogP contribution in [-0.4, -0.2) is 23.8 Å². The lowest BCUT2D eigenvalue weighted by molar-refractivity contribution is -0.117. The van der Waals surface area contributed by atoms with Crippen LogP contribution < -0.4 is 4.72 Å². The van der Waals surface area contributed by atoms with Gasteiger partial charge in [0.1, 0.15) is 0 Å². The van der Waals surface area contributed by atoms with Crippen LogP contribution in [0.1, 0.15) is 6.92 Å². The third-order valence-corrected chi connectivity index (χ3v) is 2.72. The van der Waals surface area contributed by atoms with Gasteiger partial charge >= 0.3 is 0 Å². The number of carbonyl (C=O) groups excluding carboxylic acids is 1. The van der Waals surface area contributed by atoms with E-state index in [1.54, 1.807) is 0 Å². The summed E-state index contributed by atoms with van der Waals surface area (Å²) in [7, 11) is 0. The van der Waals surface area contributed by atoms with E-state index < -0.39 is 0 Å². The molecule has 1 rings (SSSR count). The van der Waals surface area contributed by atoms with Gasteiger partial charge in [0.05, 0.1) is 5.55 Å². The van der Waals surface area contributed by atoms with Crippen molar-refractivity contribution in [2.75, 3.05) is 12.3 Å². The van der Waals surface area contributed by atoms with E-state index in [9.17, 15) is 4.79 Å². The Hall–Kier alpha value is -0.510. The normalized spacial score (nSPS) is 28.3. The Morgan fingerprint density at radius 2 is 2.67 bits per heavy atom. The lowest BCUT2D eigenvalue weighted by Crippen LogP contribution is -2.16. The van der Waals surface area contributed by atoms with Gasteiger partial charge in [-0.3, -0.25) is 9.79 Å². The molecular weight excluding hydrogens is 136 g/mol. The lowest BCUT2D eigenvalue weighted by Gasteiger charge is -2.09. The zero-order chi connectivity index (χ0) is 6.69. The zero-order valence-electron chi connectivity index (χ0n) is 5.29. The largest absolute Gasteiger partial charge is 0.316 e. The van der Waals surface area contributed by atoms with Crippen LogP contribution >= 0.6 is 11.1 Å². The molecule has 0 fully saturated rings. The summed E-state index contributed by atoms with van der Waals surface area (Å²) in [6.45, 7) is 2.42. The first-order valence-corrected chi connectivity index (χ1v) is 4.42. The number of carbonyl (C=O) groups is 1. The molecule has 0 aromatic rings. The summed E-state index contributed by atoms with van der Waals surface area (Å²) in [4.78, 5) is 14.5. The molecule has 1 N–H and O–H groups in total. The predicted molar refractivity (Wildman–Crippen MR) is 41.0 cm³/mol. The van der Waals surface area contributed by atoms with E-state index in [1.165, 1.54) is 6.92 Å². The van der Waals surface area contributed by atoms with Crippen molar-refractivity contribution in [1.29, 1.82) is 0 Å². The molecule has 1 heterocycles. The molecule has 3 nitrogen and oxygen atoms in total. The highest BCUT2D eigenvalue weighted by Gasteiger charge is 2.05. The molecule has 1 aliphatic heterocycles. The number of hydrogen-bond donors (Lipinski definition) is 2. The van der Waals surface area contributed by atoms with Crippen molar-refractivity contribution in [3.63, 3.8) is 0 Å². The highest BCUT2D eigenvalue weighted by molar-refractivity contribution is 8.27. The smallest absolute Gasteiger partial charge is 0.225 e. The van der Waals surface area contributed by atoms with Gasteiger partial charge in [0, 0.05) is 19.2 Å². The van der Waals surface area contributed by atoms with E-state index in [2.05, 4.69) is 9.71 Å². The molecule has 1 atom stereocenters. The molecule has 4 heteroatoms. The molecule has 0 aromatic heterocycles. The van der Waals surface area contributed by atoms with E-state index in [0.717, 1.165) is 12.3 Å². The number of aliphatic imine (C=N–C) groups is 1. The topological polar surface area (TPSA) is 41.5 Å². The van der Waals surface area contributed by atoms with Gasteiger partial charge in [0.25, 0.3) is 0 Å². The second kappa shape index (κ2) is 2.87. The van der Waals surface area contributed by atoms with Crippen LogP contribution in [0.2, 0.25) is 0 Å². The molecule has 52 valence electrons. The number of nitrogens with one attached hydrogen (secondary N) is 1. The number of nitrogens with zero attached hydrogens (tertiary/aromatic N) is 1. The van der Waals surface area contributed by atoms with Crippen molar-refractivity contribution in [2.45, 2.75) is 6.92 Å². The van der Waals surface area contributed by atoms with Crippen LogP contribution in [0.5, 0.6) is 0 Å². The number of rotatable bonds is 1. The molecule has 0 aliphatic carbocycles. The molecule has 1 amide bonds. The highest BCUT2D eigenvalue weighted by Crippen LogP contribution is 2.19. The fourth-order valence-electron chi connectivity index (χ4n) is 0.667. The maximum Gasteiger partial charge on any atom is 0.225 e. The van der Waals surface area contributed by atoms with Gasteiger partial charge in [-0.1, -0.05) is 0 Å². The SMILES string of the molecule is CC(=O)N[SH]1C=NCC1. The first-order valence-electron chi connectivity index (χ1n) is 2.83. The van der Waals surface area contributed by atoms with Gasteiger partial charge < -0.3 is 4.72 Å². The van der Waals surface area contributed by atoms with Gasteiger partial charge in [-0.25, -0.2) is 0 Å². The van der Waals surface area contributed by atoms with Gasteiger partial charge in [0.15, 0.2) is 0 Å². The van der Waals surface area contributed by atoms with Gasteiger partial charge in [-0.15, -0.1) is 11.1 Å². The van der Waals surface area contributed by atoms with Crippen LogP contribution in [0.15, 0.2) is 4.99 Å². The Labute approximate surface area is 57.0 Å². The van der Waals surface area contributed by atoms with E-state index in [1.807, 2.05) is 5.55 Å². The lowest BCUT2D eigenvalue weighted by atomic mass is 10.8. The maximum atomic E-state index is 10.4. The minimum absolute atomic E-state index is 0.0504. The summed E-state index contributed by atoms with van der Waals surface area (Å²) in [6, 6.07) is 0. The second-order valence-corrected chi connectivity index (χ2v) is 3.72. The van der Waals surface area contributed by atoms with Crippen molar-refractivity contribution in [3.8, 4) is 0 Å². The van der Waals surface area contributed by atoms with Gasteiger partial charge in [-0.2, -0.15) is 0 Å². The van der Waals surface area contributed by atoms with Crippen LogP contribution in [0.4, 0.5) is 0 Å². The van der Waals surface area contributed by atoms with Gasteiger partial charge in [-0.05, 0) is 0 Å². The average Bonchev–Trinajstić information content (AvgIpc) is 2.15. The standard InChI is InChI=1S/C5H10N2OS/c1-5(8)7-9-3-2-6-4-9/h4,9H,2-3H2,1H3,(H,7,8). The first kappa shape index (κ1) is 6.61. The van der Waals surface area contributed by atoms with Crippen molar-refractivity contribution < 1.29 is 4.79 Å². The molecule has 1 unspecified atom stereocenters. The number of thiol groups is 1.